The maximum Gasteiger partial charge on any atom is 0.328 e. The summed E-state index contributed by atoms with van der Waals surface area (Å²) in [5, 5.41) is 11.9. The molecule has 0 aromatic heterocycles. The number of carbonyl (C=O) groups excluding carboxylic acids is 2. The second kappa shape index (κ2) is 6.78. The van der Waals surface area contributed by atoms with Crippen LogP contribution in [0.2, 0.25) is 0 Å². The maximum atomic E-state index is 12.3. The molecule has 0 aromatic rings. The van der Waals surface area contributed by atoms with E-state index in [9.17, 15) is 19.5 Å². The molecule has 0 bridgehead atoms. The van der Waals surface area contributed by atoms with Crippen molar-refractivity contribution in [1.82, 2.24) is 10.2 Å². The van der Waals surface area contributed by atoms with Gasteiger partial charge in [0, 0.05) is 6.54 Å². The van der Waals surface area contributed by atoms with Crippen LogP contribution in [0.15, 0.2) is 0 Å². The summed E-state index contributed by atoms with van der Waals surface area (Å²) in [7, 11) is 0. The van der Waals surface area contributed by atoms with E-state index in [4.69, 9.17) is 4.74 Å². The third-order valence-electron chi connectivity index (χ3n) is 3.75. The van der Waals surface area contributed by atoms with E-state index >= 15 is 0 Å². The largest absolute Gasteiger partial charge is 0.480 e. The van der Waals surface area contributed by atoms with Gasteiger partial charge in [-0.15, -0.1) is 0 Å². The molecule has 7 heteroatoms. The van der Waals surface area contributed by atoms with E-state index in [1.54, 1.807) is 6.92 Å². The molecule has 0 saturated carbocycles. The molecule has 2 unspecified atom stereocenters. The van der Waals surface area contributed by atoms with Crippen LogP contribution in [0.4, 0.5) is 4.79 Å². The van der Waals surface area contributed by atoms with Crippen molar-refractivity contribution >= 4 is 18.0 Å². The van der Waals surface area contributed by atoms with Crippen LogP contribution in [0.25, 0.3) is 0 Å². The van der Waals surface area contributed by atoms with Crippen molar-refractivity contribution in [2.75, 3.05) is 13.2 Å². The molecule has 1 aliphatic heterocycles. The Labute approximate surface area is 124 Å². The zero-order valence-electron chi connectivity index (χ0n) is 13.0. The number of urea groups is 1. The zero-order valence-corrected chi connectivity index (χ0v) is 13.0. The fourth-order valence-electron chi connectivity index (χ4n) is 2.67. The number of amides is 2. The summed E-state index contributed by atoms with van der Waals surface area (Å²) in [4.78, 5) is 36.6. The molecule has 0 radical (unpaired) electrons. The molecular weight excluding hydrogens is 276 g/mol. The Morgan fingerprint density at radius 1 is 1.43 bits per heavy atom. The maximum absolute atomic E-state index is 12.3. The molecule has 1 aliphatic rings. The van der Waals surface area contributed by atoms with E-state index in [1.807, 2.05) is 13.8 Å². The predicted octanol–water partition coefficient (Wildman–Crippen LogP) is 1.22. The lowest BCUT2D eigenvalue weighted by atomic mass is 9.76. The van der Waals surface area contributed by atoms with Gasteiger partial charge in [-0.3, -0.25) is 0 Å². The predicted molar refractivity (Wildman–Crippen MR) is 75.8 cm³/mol. The fraction of sp³-hybridized carbons (Fsp3) is 0.786. The number of carbonyl (C=O) groups is 3. The Kier molecular flexibility index (Phi) is 5.57. The third-order valence-corrected chi connectivity index (χ3v) is 3.75. The molecule has 1 heterocycles. The number of hydrogen-bond donors (Lipinski definition) is 2. The van der Waals surface area contributed by atoms with Crippen molar-refractivity contribution in [1.29, 1.82) is 0 Å². The molecule has 1 rings (SSSR count). The first-order valence-corrected chi connectivity index (χ1v) is 7.17. The topological polar surface area (TPSA) is 95.9 Å². The van der Waals surface area contributed by atoms with Gasteiger partial charge in [-0.2, -0.15) is 0 Å². The van der Waals surface area contributed by atoms with E-state index in [1.165, 1.54) is 11.8 Å². The summed E-state index contributed by atoms with van der Waals surface area (Å²) in [6.45, 7) is 7.45. The van der Waals surface area contributed by atoms with E-state index < -0.39 is 35.5 Å². The number of rotatable bonds is 4. The molecule has 7 nitrogen and oxygen atoms in total. The van der Waals surface area contributed by atoms with Gasteiger partial charge in [0.15, 0.2) is 0 Å². The van der Waals surface area contributed by atoms with Crippen molar-refractivity contribution in [3.8, 4) is 0 Å². The van der Waals surface area contributed by atoms with E-state index in [0.29, 0.717) is 6.54 Å². The molecule has 1 fully saturated rings. The van der Waals surface area contributed by atoms with Crippen molar-refractivity contribution in [2.24, 2.45) is 5.41 Å². The first-order valence-electron chi connectivity index (χ1n) is 7.17. The molecule has 0 aromatic carbocycles. The Morgan fingerprint density at radius 3 is 2.57 bits per heavy atom. The van der Waals surface area contributed by atoms with Crippen LogP contribution in [0, 0.1) is 5.41 Å². The minimum absolute atomic E-state index is 0.230. The summed E-state index contributed by atoms with van der Waals surface area (Å²) in [5.74, 6) is -1.56. The van der Waals surface area contributed by atoms with Crippen LogP contribution in [0.3, 0.4) is 0 Å². The highest BCUT2D eigenvalue weighted by atomic mass is 16.5. The highest BCUT2D eigenvalue weighted by Crippen LogP contribution is 2.35. The van der Waals surface area contributed by atoms with Gasteiger partial charge in [-0.1, -0.05) is 13.8 Å². The summed E-state index contributed by atoms with van der Waals surface area (Å²) >= 11 is 0. The highest BCUT2D eigenvalue weighted by Gasteiger charge is 2.44. The summed E-state index contributed by atoms with van der Waals surface area (Å²) < 4.78 is 4.82. The van der Waals surface area contributed by atoms with Crippen LogP contribution in [0.5, 0.6) is 0 Å². The van der Waals surface area contributed by atoms with Gasteiger partial charge in [-0.05, 0) is 32.1 Å². The molecule has 120 valence electrons. The summed E-state index contributed by atoms with van der Waals surface area (Å²) in [6, 6.07) is -2.26. The average Bonchev–Trinajstić information content (AvgIpc) is 2.36. The number of nitrogens with zero attached hydrogens (tertiary/aromatic N) is 1. The van der Waals surface area contributed by atoms with E-state index in [2.05, 4.69) is 5.32 Å². The number of nitrogens with one attached hydrogen (secondary N) is 1. The minimum Gasteiger partial charge on any atom is -0.480 e. The second-order valence-corrected chi connectivity index (χ2v) is 5.95. The minimum atomic E-state index is -1.03. The van der Waals surface area contributed by atoms with E-state index in [-0.39, 0.29) is 6.61 Å². The Hall–Kier alpha value is -1.79. The zero-order chi connectivity index (χ0) is 16.2. The van der Waals surface area contributed by atoms with Gasteiger partial charge < -0.3 is 20.1 Å². The van der Waals surface area contributed by atoms with Gasteiger partial charge in [0.1, 0.15) is 12.1 Å². The quantitative estimate of drug-likeness (QED) is 0.761. The van der Waals surface area contributed by atoms with Gasteiger partial charge in [0.25, 0.3) is 0 Å². The van der Waals surface area contributed by atoms with E-state index in [0.717, 1.165) is 12.8 Å². The van der Waals surface area contributed by atoms with Gasteiger partial charge >= 0.3 is 18.0 Å². The lowest BCUT2D eigenvalue weighted by Gasteiger charge is -2.44. The van der Waals surface area contributed by atoms with Gasteiger partial charge in [0.05, 0.1) is 6.61 Å². The number of ether oxygens (including phenoxy) is 1. The number of carboxylic acid groups (broad SMARTS) is 1. The number of hydrogen-bond acceptors (Lipinski definition) is 4. The third kappa shape index (κ3) is 4.09. The van der Waals surface area contributed by atoms with Crippen molar-refractivity contribution < 1.29 is 24.2 Å². The lowest BCUT2D eigenvalue weighted by molar-refractivity contribution is -0.148. The number of likely N-dealkylation sites (tertiary alicyclic amines) is 1. The Morgan fingerprint density at radius 2 is 2.05 bits per heavy atom. The van der Waals surface area contributed by atoms with Crippen molar-refractivity contribution in [2.45, 2.75) is 52.6 Å². The number of aliphatic carboxylic acids is 1. The lowest BCUT2D eigenvalue weighted by Crippen LogP contribution is -2.60. The molecule has 0 spiro atoms. The van der Waals surface area contributed by atoms with Crippen LogP contribution in [-0.4, -0.2) is 53.2 Å². The van der Waals surface area contributed by atoms with Crippen LogP contribution in [-0.2, 0) is 14.3 Å². The standard InChI is InChI=1S/C14H24N2O5/c1-5-21-12(19)9(2)15-13(20)16-8-6-7-14(3,4)10(16)11(17)18/h9-10H,5-8H2,1-4H3,(H,15,20)(H,17,18). The smallest absolute Gasteiger partial charge is 0.328 e. The van der Waals surface area contributed by atoms with Crippen LogP contribution in [0.1, 0.15) is 40.5 Å². The number of piperidine rings is 1. The number of esters is 1. The first-order chi connectivity index (χ1) is 9.70. The van der Waals surface area contributed by atoms with Crippen molar-refractivity contribution in [3.05, 3.63) is 0 Å². The Bertz CT molecular complexity index is 422. The Balaban J connectivity index is 2.79. The normalized spacial score (nSPS) is 22.3. The molecule has 0 aliphatic carbocycles. The molecule has 2 amide bonds. The molecule has 2 atom stereocenters. The molecular formula is C14H24N2O5. The molecule has 2 N–H and O–H groups in total. The average molecular weight is 300 g/mol. The molecule has 21 heavy (non-hydrogen) atoms. The second-order valence-electron chi connectivity index (χ2n) is 5.95. The first kappa shape index (κ1) is 17.3. The monoisotopic (exact) mass is 300 g/mol. The molecule has 1 saturated heterocycles. The number of carboxylic acids is 1. The van der Waals surface area contributed by atoms with Crippen LogP contribution >= 0.6 is 0 Å². The van der Waals surface area contributed by atoms with Gasteiger partial charge in [0.2, 0.25) is 0 Å². The van der Waals surface area contributed by atoms with Gasteiger partial charge in [-0.25, -0.2) is 14.4 Å². The highest BCUT2D eigenvalue weighted by molar-refractivity contribution is 5.87. The summed E-state index contributed by atoms with van der Waals surface area (Å²) in [5.41, 5.74) is -0.505. The van der Waals surface area contributed by atoms with Crippen molar-refractivity contribution in [3.63, 3.8) is 0 Å². The summed E-state index contributed by atoms with van der Waals surface area (Å²) in [6.07, 6.45) is 1.47. The van der Waals surface area contributed by atoms with Crippen LogP contribution < -0.4 is 5.32 Å². The fourth-order valence-corrected chi connectivity index (χ4v) is 2.67. The SMILES string of the molecule is CCOC(=O)C(C)NC(=O)N1CCCC(C)(C)C1C(=O)O.